The molecule has 23 heavy (non-hydrogen) atoms. The van der Waals surface area contributed by atoms with Crippen molar-refractivity contribution in [1.29, 1.82) is 0 Å². The van der Waals surface area contributed by atoms with Crippen molar-refractivity contribution in [2.45, 2.75) is 18.9 Å². The highest BCUT2D eigenvalue weighted by atomic mass is 16.3. The van der Waals surface area contributed by atoms with Gasteiger partial charge in [-0.25, -0.2) is 4.98 Å². The second-order valence-electron chi connectivity index (χ2n) is 6.90. The molecular formula is C17H22N4O2. The van der Waals surface area contributed by atoms with Gasteiger partial charge in [0.05, 0.1) is 11.9 Å². The highest BCUT2D eigenvalue weighted by Gasteiger charge is 2.33. The third kappa shape index (κ3) is 2.67. The number of rotatable bonds is 3. The first kappa shape index (κ1) is 14.5. The number of hydrogen-bond acceptors (Lipinski definition) is 5. The Morgan fingerprint density at radius 1 is 1.43 bits per heavy atom. The van der Waals surface area contributed by atoms with Gasteiger partial charge in [-0.15, -0.1) is 0 Å². The fraction of sp³-hybridized carbons (Fsp3) is 0.529. The average molecular weight is 314 g/mol. The number of anilines is 1. The highest BCUT2D eigenvalue weighted by molar-refractivity contribution is 5.99. The predicted molar refractivity (Wildman–Crippen MR) is 88.8 cm³/mol. The normalized spacial score (nSPS) is 26.4. The van der Waals surface area contributed by atoms with Crippen LogP contribution in [0, 0.1) is 5.92 Å². The van der Waals surface area contributed by atoms with Crippen LogP contribution in [0.5, 0.6) is 0 Å². The molecule has 2 saturated heterocycles. The van der Waals surface area contributed by atoms with Crippen molar-refractivity contribution in [1.82, 2.24) is 15.2 Å². The summed E-state index contributed by atoms with van der Waals surface area (Å²) in [4.78, 5) is 21.2. The Hall–Kier alpha value is -2.08. The number of pyridine rings is 1. The largest absolute Gasteiger partial charge is 0.460 e. The van der Waals surface area contributed by atoms with Gasteiger partial charge in [-0.1, -0.05) is 0 Å². The maximum Gasteiger partial charge on any atom is 0.270 e. The van der Waals surface area contributed by atoms with E-state index in [9.17, 15) is 4.79 Å². The molecule has 1 N–H and O–H groups in total. The van der Waals surface area contributed by atoms with E-state index in [1.165, 1.54) is 19.5 Å². The van der Waals surface area contributed by atoms with Gasteiger partial charge in [0.1, 0.15) is 12.0 Å². The van der Waals surface area contributed by atoms with Crippen molar-refractivity contribution in [2.75, 3.05) is 38.6 Å². The van der Waals surface area contributed by atoms with Crippen LogP contribution in [0.15, 0.2) is 22.9 Å². The molecular weight excluding hydrogens is 292 g/mol. The van der Waals surface area contributed by atoms with Crippen LogP contribution in [0.3, 0.4) is 0 Å². The standard InChI is InChI=1S/C17H22N4O2/c1-20(2)15-10-23-16-7-18-14(6-13(15)16)17(22)19-12-5-11-3-4-21(8-11)9-12/h6-7,10-12H,3-5,8-9H2,1-2H3,(H,19,22)/t11-,12+/m0/s1. The van der Waals surface area contributed by atoms with Crippen LogP contribution in [0.2, 0.25) is 0 Å². The molecule has 0 radical (unpaired) electrons. The summed E-state index contributed by atoms with van der Waals surface area (Å²) in [5, 5.41) is 4.07. The van der Waals surface area contributed by atoms with E-state index in [2.05, 4.69) is 15.2 Å². The molecule has 122 valence electrons. The van der Waals surface area contributed by atoms with Crippen molar-refractivity contribution >= 4 is 22.6 Å². The topological polar surface area (TPSA) is 61.6 Å². The summed E-state index contributed by atoms with van der Waals surface area (Å²) in [6.45, 7) is 3.32. The molecule has 4 heterocycles. The van der Waals surface area contributed by atoms with Crippen LogP contribution >= 0.6 is 0 Å². The molecule has 3 atom stereocenters. The summed E-state index contributed by atoms with van der Waals surface area (Å²) in [5.41, 5.74) is 2.11. The van der Waals surface area contributed by atoms with Gasteiger partial charge >= 0.3 is 0 Å². The van der Waals surface area contributed by atoms with E-state index < -0.39 is 0 Å². The van der Waals surface area contributed by atoms with E-state index in [0.29, 0.717) is 11.3 Å². The number of nitrogens with zero attached hydrogens (tertiary/aromatic N) is 3. The molecule has 6 heteroatoms. The summed E-state index contributed by atoms with van der Waals surface area (Å²) < 4.78 is 5.49. The van der Waals surface area contributed by atoms with Gasteiger partial charge in [0.25, 0.3) is 5.91 Å². The van der Waals surface area contributed by atoms with Crippen molar-refractivity contribution in [3.8, 4) is 0 Å². The molecule has 4 rings (SSSR count). The molecule has 6 nitrogen and oxygen atoms in total. The third-order valence-corrected chi connectivity index (χ3v) is 4.96. The lowest BCUT2D eigenvalue weighted by atomic mass is 9.97. The average Bonchev–Trinajstić information content (AvgIpc) is 3.09. The molecule has 2 bridgehead atoms. The lowest BCUT2D eigenvalue weighted by molar-refractivity contribution is 0.0904. The Morgan fingerprint density at radius 2 is 2.30 bits per heavy atom. The Kier molecular flexibility index (Phi) is 3.49. The fourth-order valence-electron chi connectivity index (χ4n) is 3.81. The Morgan fingerprint density at radius 3 is 3.09 bits per heavy atom. The molecule has 2 aromatic rings. The molecule has 2 aliphatic heterocycles. The summed E-state index contributed by atoms with van der Waals surface area (Å²) in [5.74, 6) is 0.643. The molecule has 2 aliphatic rings. The highest BCUT2D eigenvalue weighted by Crippen LogP contribution is 2.29. The van der Waals surface area contributed by atoms with Gasteiger partial charge in [0.15, 0.2) is 5.58 Å². The Labute approximate surface area is 135 Å². The van der Waals surface area contributed by atoms with Crippen molar-refractivity contribution in [3.63, 3.8) is 0 Å². The summed E-state index contributed by atoms with van der Waals surface area (Å²) in [6.07, 6.45) is 5.67. The molecule has 1 amide bonds. The number of carbonyl (C=O) groups excluding carboxylic acids is 1. The first-order valence-corrected chi connectivity index (χ1v) is 8.18. The van der Waals surface area contributed by atoms with Crippen LogP contribution in [-0.2, 0) is 0 Å². The van der Waals surface area contributed by atoms with Gasteiger partial charge in [0, 0.05) is 38.6 Å². The lowest BCUT2D eigenvalue weighted by Crippen LogP contribution is -2.47. The van der Waals surface area contributed by atoms with Gasteiger partial charge in [-0.05, 0) is 31.4 Å². The summed E-state index contributed by atoms with van der Waals surface area (Å²) in [7, 11) is 3.91. The second-order valence-corrected chi connectivity index (χ2v) is 6.90. The SMILES string of the molecule is CN(C)c1coc2cnc(C(=O)N[C@@H]3C[C@@H]4CCN(C4)C3)cc12. The number of carbonyl (C=O) groups is 1. The molecule has 0 aromatic carbocycles. The number of hydrogen-bond donors (Lipinski definition) is 1. The van der Waals surface area contributed by atoms with Crippen LogP contribution < -0.4 is 10.2 Å². The maximum absolute atomic E-state index is 12.6. The minimum absolute atomic E-state index is 0.0923. The van der Waals surface area contributed by atoms with Crippen molar-refractivity contribution in [3.05, 3.63) is 24.2 Å². The first-order chi connectivity index (χ1) is 11.1. The minimum Gasteiger partial charge on any atom is -0.460 e. The number of fused-ring (bicyclic) bond motifs is 3. The quantitative estimate of drug-likeness (QED) is 0.934. The monoisotopic (exact) mass is 314 g/mol. The fourth-order valence-corrected chi connectivity index (χ4v) is 3.81. The van der Waals surface area contributed by atoms with E-state index in [1.54, 1.807) is 12.5 Å². The van der Waals surface area contributed by atoms with Crippen molar-refractivity contribution in [2.24, 2.45) is 5.92 Å². The number of aromatic nitrogens is 1. The smallest absolute Gasteiger partial charge is 0.270 e. The number of furan rings is 1. The minimum atomic E-state index is -0.0923. The van der Waals surface area contributed by atoms with Crippen LogP contribution in [-0.4, -0.2) is 55.6 Å². The molecule has 1 unspecified atom stereocenters. The lowest BCUT2D eigenvalue weighted by Gasteiger charge is -2.30. The van der Waals surface area contributed by atoms with Crippen LogP contribution in [0.1, 0.15) is 23.3 Å². The van der Waals surface area contributed by atoms with E-state index in [4.69, 9.17) is 4.42 Å². The summed E-state index contributed by atoms with van der Waals surface area (Å²) in [6, 6.07) is 2.06. The molecule has 2 aromatic heterocycles. The molecule has 0 aliphatic carbocycles. The number of amides is 1. The third-order valence-electron chi connectivity index (χ3n) is 4.96. The summed E-state index contributed by atoms with van der Waals surface area (Å²) >= 11 is 0. The maximum atomic E-state index is 12.6. The Bertz CT molecular complexity index is 727. The van der Waals surface area contributed by atoms with E-state index in [0.717, 1.165) is 30.0 Å². The van der Waals surface area contributed by atoms with E-state index >= 15 is 0 Å². The number of piperidine rings is 1. The zero-order valence-corrected chi connectivity index (χ0v) is 13.6. The second kappa shape index (κ2) is 5.53. The van der Waals surface area contributed by atoms with E-state index in [-0.39, 0.29) is 11.9 Å². The van der Waals surface area contributed by atoms with E-state index in [1.807, 2.05) is 25.1 Å². The number of nitrogens with one attached hydrogen (secondary N) is 1. The molecule has 0 spiro atoms. The van der Waals surface area contributed by atoms with Crippen LogP contribution in [0.25, 0.3) is 11.0 Å². The van der Waals surface area contributed by atoms with Gasteiger partial charge in [-0.2, -0.15) is 0 Å². The van der Waals surface area contributed by atoms with Gasteiger partial charge < -0.3 is 19.5 Å². The molecule has 2 fully saturated rings. The Balaban J connectivity index is 1.54. The van der Waals surface area contributed by atoms with Gasteiger partial charge in [0.2, 0.25) is 0 Å². The van der Waals surface area contributed by atoms with Gasteiger partial charge in [-0.3, -0.25) is 4.79 Å². The zero-order chi connectivity index (χ0) is 16.0. The molecule has 0 saturated carbocycles. The van der Waals surface area contributed by atoms with Crippen LogP contribution in [0.4, 0.5) is 5.69 Å². The predicted octanol–water partition coefficient (Wildman–Crippen LogP) is 1.72. The first-order valence-electron chi connectivity index (χ1n) is 8.18. The van der Waals surface area contributed by atoms with Crippen molar-refractivity contribution < 1.29 is 9.21 Å². The zero-order valence-electron chi connectivity index (χ0n) is 13.6.